The van der Waals surface area contributed by atoms with E-state index in [1.54, 1.807) is 36.8 Å². The standard InChI is InChI=1S/C33H33N7O2/c1-22-6-11-26-27(17-22)28(33(2,42)29-20-35-21-38(29)3)18-24-5-4-12-36-30(24)31(26)39-13-15-40(16-14-39)32(41)37-25-9-7-23(19-34)8-10-25/h4-12,17-18,20-21,31,42H,13-16H2,1-3H3,(H,37,41). The van der Waals surface area contributed by atoms with Crippen molar-refractivity contribution in [2.75, 3.05) is 31.5 Å². The number of carbonyl (C=O) groups is 1. The van der Waals surface area contributed by atoms with E-state index in [1.165, 1.54) is 0 Å². The van der Waals surface area contributed by atoms with Gasteiger partial charge in [-0.2, -0.15) is 5.26 Å². The van der Waals surface area contributed by atoms with Gasteiger partial charge in [0.15, 0.2) is 0 Å². The molecule has 0 saturated carbocycles. The number of amides is 2. The minimum Gasteiger partial charge on any atom is -0.379 e. The lowest BCUT2D eigenvalue weighted by Crippen LogP contribution is -2.51. The van der Waals surface area contributed by atoms with E-state index in [0.29, 0.717) is 43.1 Å². The summed E-state index contributed by atoms with van der Waals surface area (Å²) in [5.41, 5.74) is 6.42. The first kappa shape index (κ1) is 27.4. The van der Waals surface area contributed by atoms with Gasteiger partial charge in [0.05, 0.1) is 41.6 Å². The average molecular weight is 560 g/mol. The van der Waals surface area contributed by atoms with Crippen molar-refractivity contribution in [2.45, 2.75) is 25.5 Å². The quantitative estimate of drug-likeness (QED) is 0.375. The van der Waals surface area contributed by atoms with E-state index in [2.05, 4.69) is 58.5 Å². The summed E-state index contributed by atoms with van der Waals surface area (Å²) in [6.45, 7) is 6.30. The van der Waals surface area contributed by atoms with E-state index in [0.717, 1.165) is 33.5 Å². The molecule has 2 amide bonds. The zero-order valence-electron chi connectivity index (χ0n) is 24.0. The molecule has 1 aliphatic carbocycles. The molecule has 42 heavy (non-hydrogen) atoms. The van der Waals surface area contributed by atoms with E-state index >= 15 is 0 Å². The summed E-state index contributed by atoms with van der Waals surface area (Å²) in [5.74, 6) is 0. The number of rotatable bonds is 4. The zero-order valence-corrected chi connectivity index (χ0v) is 24.0. The number of carbonyl (C=O) groups excluding carboxylic acids is 1. The lowest BCUT2D eigenvalue weighted by Gasteiger charge is -2.40. The van der Waals surface area contributed by atoms with Crippen molar-refractivity contribution in [1.82, 2.24) is 24.3 Å². The van der Waals surface area contributed by atoms with Crippen molar-refractivity contribution in [2.24, 2.45) is 7.05 Å². The summed E-state index contributed by atoms with van der Waals surface area (Å²) in [6.07, 6.45) is 7.30. The highest BCUT2D eigenvalue weighted by Gasteiger charge is 2.39. The Morgan fingerprint density at radius 3 is 2.57 bits per heavy atom. The topological polar surface area (TPSA) is 110 Å². The first-order valence-electron chi connectivity index (χ1n) is 14.0. The van der Waals surface area contributed by atoms with Crippen LogP contribution in [0.1, 0.15) is 52.2 Å². The Kier molecular flexibility index (Phi) is 7.11. The third-order valence-corrected chi connectivity index (χ3v) is 8.30. The highest BCUT2D eigenvalue weighted by atomic mass is 16.3. The fraction of sp³-hybridized carbons (Fsp3) is 0.273. The molecule has 2 N–H and O–H groups in total. The van der Waals surface area contributed by atoms with Gasteiger partial charge >= 0.3 is 6.03 Å². The van der Waals surface area contributed by atoms with Gasteiger partial charge in [-0.15, -0.1) is 0 Å². The lowest BCUT2D eigenvalue weighted by atomic mass is 9.83. The number of imidazole rings is 1. The predicted octanol–water partition coefficient (Wildman–Crippen LogP) is 4.70. The maximum atomic E-state index is 13.1. The summed E-state index contributed by atoms with van der Waals surface area (Å²) in [6, 6.07) is 19.0. The van der Waals surface area contributed by atoms with Crippen molar-refractivity contribution in [3.05, 3.63) is 113 Å². The summed E-state index contributed by atoms with van der Waals surface area (Å²) < 4.78 is 1.85. The Hall–Kier alpha value is -4.78. The van der Waals surface area contributed by atoms with Crippen molar-refractivity contribution in [3.8, 4) is 6.07 Å². The molecule has 2 unspecified atom stereocenters. The molecule has 1 aliphatic heterocycles. The van der Waals surface area contributed by atoms with Gasteiger partial charge in [0, 0.05) is 45.1 Å². The molecule has 1 fully saturated rings. The van der Waals surface area contributed by atoms with Gasteiger partial charge in [0.25, 0.3) is 0 Å². The summed E-state index contributed by atoms with van der Waals surface area (Å²) in [5, 5.41) is 24.1. The van der Waals surface area contributed by atoms with E-state index in [9.17, 15) is 9.90 Å². The van der Waals surface area contributed by atoms with E-state index < -0.39 is 5.60 Å². The number of pyridine rings is 1. The molecule has 2 aromatic heterocycles. The molecule has 2 aromatic carbocycles. The first-order chi connectivity index (χ1) is 20.3. The van der Waals surface area contributed by atoms with Crippen LogP contribution >= 0.6 is 0 Å². The normalized spacial score (nSPS) is 18.1. The van der Waals surface area contributed by atoms with Crippen molar-refractivity contribution in [3.63, 3.8) is 0 Å². The Bertz CT molecular complexity index is 1710. The second-order valence-electron chi connectivity index (χ2n) is 11.1. The number of benzene rings is 2. The van der Waals surface area contributed by atoms with Gasteiger partial charge in [0.1, 0.15) is 5.60 Å². The summed E-state index contributed by atoms with van der Waals surface area (Å²) in [7, 11) is 1.89. The van der Waals surface area contributed by atoms with Gasteiger partial charge in [-0.25, -0.2) is 9.78 Å². The fourth-order valence-electron chi connectivity index (χ4n) is 6.05. The molecule has 3 heterocycles. The minimum absolute atomic E-state index is 0.156. The molecule has 0 bridgehead atoms. The van der Waals surface area contributed by atoms with Crippen LogP contribution in [0, 0.1) is 18.3 Å². The van der Waals surface area contributed by atoms with Crippen LogP contribution in [0.25, 0.3) is 11.6 Å². The van der Waals surface area contributed by atoms with Gasteiger partial charge in [-0.1, -0.05) is 29.8 Å². The second kappa shape index (κ2) is 10.9. The molecular weight excluding hydrogens is 526 g/mol. The average Bonchev–Trinajstić information content (AvgIpc) is 3.38. The molecule has 2 aliphatic rings. The zero-order chi connectivity index (χ0) is 29.4. The molecule has 212 valence electrons. The van der Waals surface area contributed by atoms with E-state index in [-0.39, 0.29) is 12.1 Å². The maximum Gasteiger partial charge on any atom is 0.321 e. The minimum atomic E-state index is -1.31. The molecule has 1 saturated heterocycles. The number of nitrogens with zero attached hydrogens (tertiary/aromatic N) is 6. The third-order valence-electron chi connectivity index (χ3n) is 8.30. The number of hydrogen-bond acceptors (Lipinski definition) is 6. The second-order valence-corrected chi connectivity index (χ2v) is 11.1. The Labute approximate surface area is 245 Å². The number of nitrogens with one attached hydrogen (secondary N) is 1. The number of fused-ring (bicyclic) bond motifs is 2. The molecule has 4 aromatic rings. The van der Waals surface area contributed by atoms with Gasteiger partial charge in [-0.05, 0) is 72.5 Å². The number of nitriles is 1. The van der Waals surface area contributed by atoms with Crippen LogP contribution in [0.2, 0.25) is 0 Å². The molecular formula is C33H33N7O2. The molecule has 6 rings (SSSR count). The van der Waals surface area contributed by atoms with Crippen LogP contribution in [0.3, 0.4) is 0 Å². The molecule has 9 nitrogen and oxygen atoms in total. The van der Waals surface area contributed by atoms with Crippen LogP contribution in [0.4, 0.5) is 10.5 Å². The van der Waals surface area contributed by atoms with Crippen LogP contribution in [-0.2, 0) is 12.6 Å². The van der Waals surface area contributed by atoms with Crippen molar-refractivity contribution < 1.29 is 9.90 Å². The largest absolute Gasteiger partial charge is 0.379 e. The van der Waals surface area contributed by atoms with E-state index in [4.69, 9.17) is 10.2 Å². The van der Waals surface area contributed by atoms with Gasteiger partial charge < -0.3 is 19.9 Å². The number of aromatic nitrogens is 3. The Balaban J connectivity index is 1.32. The number of aryl methyl sites for hydroxylation is 2. The van der Waals surface area contributed by atoms with Crippen LogP contribution in [0.5, 0.6) is 0 Å². The SMILES string of the molecule is Cc1ccc2c(c1)C(C(C)(O)c1cncn1C)=Cc1cccnc1C2N1CCN(C(=O)Nc2ccc(C#N)cc2)CC1. The van der Waals surface area contributed by atoms with Crippen molar-refractivity contribution in [1.29, 1.82) is 5.26 Å². The van der Waals surface area contributed by atoms with Crippen LogP contribution in [0.15, 0.2) is 73.3 Å². The highest BCUT2D eigenvalue weighted by Crippen LogP contribution is 2.46. The Morgan fingerprint density at radius 1 is 1.12 bits per heavy atom. The molecule has 0 spiro atoms. The monoisotopic (exact) mass is 559 g/mol. The lowest BCUT2D eigenvalue weighted by molar-refractivity contribution is 0.114. The smallest absolute Gasteiger partial charge is 0.321 e. The molecule has 9 heteroatoms. The third kappa shape index (κ3) is 4.96. The first-order valence-corrected chi connectivity index (χ1v) is 14.0. The number of hydrogen-bond donors (Lipinski definition) is 2. The summed E-state index contributed by atoms with van der Waals surface area (Å²) >= 11 is 0. The maximum absolute atomic E-state index is 13.1. The van der Waals surface area contributed by atoms with Crippen LogP contribution < -0.4 is 5.32 Å². The Morgan fingerprint density at radius 2 is 1.88 bits per heavy atom. The fourth-order valence-corrected chi connectivity index (χ4v) is 6.05. The van der Waals surface area contributed by atoms with Crippen LogP contribution in [-0.4, -0.2) is 61.7 Å². The van der Waals surface area contributed by atoms with Gasteiger partial charge in [-0.3, -0.25) is 9.88 Å². The van der Waals surface area contributed by atoms with Crippen molar-refractivity contribution >= 4 is 23.4 Å². The number of aliphatic hydroxyl groups is 1. The van der Waals surface area contributed by atoms with E-state index in [1.807, 2.05) is 35.7 Å². The van der Waals surface area contributed by atoms with Gasteiger partial charge in [0.2, 0.25) is 0 Å². The summed E-state index contributed by atoms with van der Waals surface area (Å²) in [4.78, 5) is 26.4. The number of anilines is 1. The number of urea groups is 1. The predicted molar refractivity (Wildman–Crippen MR) is 161 cm³/mol. The highest BCUT2D eigenvalue weighted by molar-refractivity contribution is 5.90. The molecule has 2 atom stereocenters. The molecule has 0 radical (unpaired) electrons. The number of piperazine rings is 1.